The average Bonchev–Trinajstić information content (AvgIpc) is 2.15. The quantitative estimate of drug-likeness (QED) is 0.547. The van der Waals surface area contributed by atoms with Crippen LogP contribution in [0.25, 0.3) is 0 Å². The van der Waals surface area contributed by atoms with Gasteiger partial charge in [0.1, 0.15) is 6.23 Å². The van der Waals surface area contributed by atoms with Gasteiger partial charge in [-0.2, -0.15) is 0 Å². The van der Waals surface area contributed by atoms with E-state index in [-0.39, 0.29) is 0 Å². The minimum absolute atomic E-state index is 0.686. The number of aliphatic hydroxyl groups is 1. The minimum Gasteiger partial charge on any atom is -0.375 e. The molecule has 0 fully saturated rings. The van der Waals surface area contributed by atoms with Crippen LogP contribution in [0.4, 0.5) is 5.69 Å². The van der Waals surface area contributed by atoms with Crippen LogP contribution in [0.15, 0.2) is 29.3 Å². The fourth-order valence-electron chi connectivity index (χ4n) is 0.986. The van der Waals surface area contributed by atoms with Crippen molar-refractivity contribution in [1.82, 2.24) is 0 Å². The largest absolute Gasteiger partial charge is 0.375 e. The first-order valence-corrected chi connectivity index (χ1v) is 4.30. The molecule has 0 aliphatic carbocycles. The van der Waals surface area contributed by atoms with Crippen molar-refractivity contribution in [3.8, 4) is 0 Å². The van der Waals surface area contributed by atoms with Crippen molar-refractivity contribution in [3.63, 3.8) is 0 Å². The zero-order chi connectivity index (χ0) is 9.68. The maximum absolute atomic E-state index is 9.10. The molecule has 1 rings (SSSR count). The van der Waals surface area contributed by atoms with E-state index in [4.69, 9.17) is 10.8 Å². The summed E-state index contributed by atoms with van der Waals surface area (Å²) in [5.74, 6) is 0. The third-order valence-corrected chi connectivity index (χ3v) is 1.63. The number of rotatable bonds is 3. The summed E-state index contributed by atoms with van der Waals surface area (Å²) in [7, 11) is 0. The SMILES string of the molecule is CCC=Nc1cccc(C(N)O)c1. The van der Waals surface area contributed by atoms with Crippen LogP contribution in [0, 0.1) is 0 Å². The fraction of sp³-hybridized carbons (Fsp3) is 0.300. The number of hydrogen-bond donors (Lipinski definition) is 2. The van der Waals surface area contributed by atoms with Crippen LogP contribution in [0.3, 0.4) is 0 Å². The van der Waals surface area contributed by atoms with E-state index in [1.807, 2.05) is 25.3 Å². The maximum atomic E-state index is 9.10. The molecule has 1 aromatic rings. The van der Waals surface area contributed by atoms with Gasteiger partial charge in [-0.3, -0.25) is 4.99 Å². The second-order valence-corrected chi connectivity index (χ2v) is 2.76. The predicted octanol–water partition coefficient (Wildman–Crippen LogP) is 1.75. The van der Waals surface area contributed by atoms with Gasteiger partial charge in [-0.1, -0.05) is 19.1 Å². The van der Waals surface area contributed by atoms with E-state index in [2.05, 4.69) is 4.99 Å². The molecule has 0 bridgehead atoms. The lowest BCUT2D eigenvalue weighted by Crippen LogP contribution is -2.07. The third-order valence-electron chi connectivity index (χ3n) is 1.63. The molecule has 1 unspecified atom stereocenters. The summed E-state index contributed by atoms with van der Waals surface area (Å²) in [5, 5.41) is 9.10. The Bertz CT molecular complexity index is 295. The van der Waals surface area contributed by atoms with E-state index in [0.717, 1.165) is 12.1 Å². The molecule has 0 aromatic heterocycles. The van der Waals surface area contributed by atoms with Gasteiger partial charge in [-0.05, 0) is 24.1 Å². The molecule has 0 saturated carbocycles. The predicted molar refractivity (Wildman–Crippen MR) is 54.0 cm³/mol. The molecule has 0 radical (unpaired) electrons. The molecule has 0 amide bonds. The van der Waals surface area contributed by atoms with Crippen molar-refractivity contribution >= 4 is 11.9 Å². The maximum Gasteiger partial charge on any atom is 0.128 e. The summed E-state index contributed by atoms with van der Waals surface area (Å²) in [6.07, 6.45) is 1.80. The summed E-state index contributed by atoms with van der Waals surface area (Å²) in [6.45, 7) is 2.02. The van der Waals surface area contributed by atoms with Crippen molar-refractivity contribution in [2.75, 3.05) is 0 Å². The van der Waals surface area contributed by atoms with Crippen LogP contribution >= 0.6 is 0 Å². The zero-order valence-corrected chi connectivity index (χ0v) is 7.64. The van der Waals surface area contributed by atoms with Crippen LogP contribution < -0.4 is 5.73 Å². The Morgan fingerprint density at radius 3 is 3.00 bits per heavy atom. The Morgan fingerprint density at radius 2 is 2.38 bits per heavy atom. The van der Waals surface area contributed by atoms with Gasteiger partial charge in [-0.15, -0.1) is 0 Å². The summed E-state index contributed by atoms with van der Waals surface area (Å²) in [5.41, 5.74) is 6.82. The Morgan fingerprint density at radius 1 is 1.62 bits per heavy atom. The van der Waals surface area contributed by atoms with Gasteiger partial charge in [0.15, 0.2) is 0 Å². The van der Waals surface area contributed by atoms with E-state index in [1.54, 1.807) is 12.1 Å². The minimum atomic E-state index is -0.920. The first kappa shape index (κ1) is 9.89. The smallest absolute Gasteiger partial charge is 0.128 e. The Hall–Kier alpha value is -1.19. The van der Waals surface area contributed by atoms with Gasteiger partial charge in [0.05, 0.1) is 5.69 Å². The molecular weight excluding hydrogens is 164 g/mol. The second kappa shape index (κ2) is 4.74. The molecule has 3 N–H and O–H groups in total. The van der Waals surface area contributed by atoms with Crippen LogP contribution in [0.2, 0.25) is 0 Å². The number of aliphatic imine (C=N–C) groups is 1. The highest BCUT2D eigenvalue weighted by Gasteiger charge is 1.99. The van der Waals surface area contributed by atoms with Crippen molar-refractivity contribution < 1.29 is 5.11 Å². The molecule has 0 heterocycles. The Kier molecular flexibility index (Phi) is 3.61. The van der Waals surface area contributed by atoms with Crippen LogP contribution in [0.5, 0.6) is 0 Å². The third kappa shape index (κ3) is 2.97. The van der Waals surface area contributed by atoms with Crippen LogP contribution in [0.1, 0.15) is 25.1 Å². The zero-order valence-electron chi connectivity index (χ0n) is 7.64. The summed E-state index contributed by atoms with van der Waals surface area (Å²) in [4.78, 5) is 4.18. The summed E-state index contributed by atoms with van der Waals surface area (Å²) >= 11 is 0. The van der Waals surface area contributed by atoms with Gasteiger partial charge in [0.25, 0.3) is 0 Å². The van der Waals surface area contributed by atoms with E-state index in [0.29, 0.717) is 5.56 Å². The van der Waals surface area contributed by atoms with E-state index in [9.17, 15) is 0 Å². The molecule has 70 valence electrons. The van der Waals surface area contributed by atoms with Crippen LogP contribution in [-0.4, -0.2) is 11.3 Å². The molecule has 13 heavy (non-hydrogen) atoms. The van der Waals surface area contributed by atoms with Gasteiger partial charge < -0.3 is 10.8 Å². The highest BCUT2D eigenvalue weighted by atomic mass is 16.3. The molecule has 3 nitrogen and oxygen atoms in total. The summed E-state index contributed by atoms with van der Waals surface area (Å²) in [6, 6.07) is 7.25. The standard InChI is InChI=1S/C10H14N2O/c1-2-6-12-9-5-3-4-8(7-9)10(11)13/h3-7,10,13H,2,11H2,1H3. The first-order chi connectivity index (χ1) is 6.24. The van der Waals surface area contributed by atoms with Crippen molar-refractivity contribution in [2.24, 2.45) is 10.7 Å². The number of nitrogens with two attached hydrogens (primary N) is 1. The topological polar surface area (TPSA) is 58.6 Å². The number of benzene rings is 1. The summed E-state index contributed by atoms with van der Waals surface area (Å²) < 4.78 is 0. The van der Waals surface area contributed by atoms with E-state index >= 15 is 0 Å². The van der Waals surface area contributed by atoms with Crippen molar-refractivity contribution in [1.29, 1.82) is 0 Å². The van der Waals surface area contributed by atoms with Gasteiger partial charge in [0.2, 0.25) is 0 Å². The van der Waals surface area contributed by atoms with Gasteiger partial charge in [0, 0.05) is 6.21 Å². The number of aliphatic hydroxyl groups excluding tert-OH is 1. The molecule has 3 heteroatoms. The lowest BCUT2D eigenvalue weighted by atomic mass is 10.2. The second-order valence-electron chi connectivity index (χ2n) is 2.76. The molecule has 1 aromatic carbocycles. The lowest BCUT2D eigenvalue weighted by Gasteiger charge is -2.04. The molecule has 0 spiro atoms. The molecule has 0 saturated heterocycles. The van der Waals surface area contributed by atoms with E-state index < -0.39 is 6.23 Å². The molecule has 1 atom stereocenters. The molecular formula is C10H14N2O. The average molecular weight is 178 g/mol. The Balaban J connectivity index is 2.85. The lowest BCUT2D eigenvalue weighted by molar-refractivity contribution is 0.186. The normalized spacial score (nSPS) is 13.5. The number of nitrogens with zero attached hydrogens (tertiary/aromatic N) is 1. The molecule has 0 aliphatic rings. The highest BCUT2D eigenvalue weighted by Crippen LogP contribution is 2.16. The van der Waals surface area contributed by atoms with Crippen LogP contribution in [-0.2, 0) is 0 Å². The monoisotopic (exact) mass is 178 g/mol. The Labute approximate surface area is 77.9 Å². The van der Waals surface area contributed by atoms with Gasteiger partial charge in [-0.25, -0.2) is 0 Å². The first-order valence-electron chi connectivity index (χ1n) is 4.30. The van der Waals surface area contributed by atoms with Crippen molar-refractivity contribution in [3.05, 3.63) is 29.8 Å². The molecule has 0 aliphatic heterocycles. The van der Waals surface area contributed by atoms with Crippen molar-refractivity contribution in [2.45, 2.75) is 19.6 Å². The van der Waals surface area contributed by atoms with Gasteiger partial charge >= 0.3 is 0 Å². The van der Waals surface area contributed by atoms with E-state index in [1.165, 1.54) is 0 Å². The fourth-order valence-corrected chi connectivity index (χ4v) is 0.986. The number of hydrogen-bond acceptors (Lipinski definition) is 3. The highest BCUT2D eigenvalue weighted by molar-refractivity contribution is 5.62.